The Labute approximate surface area is 127 Å². The van der Waals surface area contributed by atoms with E-state index < -0.39 is 0 Å². The first-order valence-corrected chi connectivity index (χ1v) is 7.85. The molecule has 0 radical (unpaired) electrons. The molecule has 1 saturated heterocycles. The third kappa shape index (κ3) is 3.34. The van der Waals surface area contributed by atoms with Crippen LogP contribution in [0.15, 0.2) is 6.20 Å². The molecule has 1 amide bonds. The lowest BCUT2D eigenvalue weighted by molar-refractivity contribution is 0.0738. The summed E-state index contributed by atoms with van der Waals surface area (Å²) in [5.74, 6) is 1.51. The van der Waals surface area contributed by atoms with E-state index in [4.69, 9.17) is 0 Å². The summed E-state index contributed by atoms with van der Waals surface area (Å²) >= 11 is 0. The zero-order valence-corrected chi connectivity index (χ0v) is 13.7. The third-order valence-electron chi connectivity index (χ3n) is 3.94. The van der Waals surface area contributed by atoms with Crippen molar-refractivity contribution in [2.24, 2.45) is 5.92 Å². The van der Waals surface area contributed by atoms with Gasteiger partial charge in [-0.05, 0) is 26.2 Å². The zero-order chi connectivity index (χ0) is 15.6. The van der Waals surface area contributed by atoms with Crippen molar-refractivity contribution in [1.82, 2.24) is 14.9 Å². The molecule has 2 atom stereocenters. The quantitative estimate of drug-likeness (QED) is 0.926. The van der Waals surface area contributed by atoms with Gasteiger partial charge >= 0.3 is 0 Å². The summed E-state index contributed by atoms with van der Waals surface area (Å²) in [5, 5.41) is 3.20. The van der Waals surface area contributed by atoms with Crippen LogP contribution < -0.4 is 5.32 Å². The molecule has 1 aliphatic rings. The molecular weight excluding hydrogens is 264 g/mol. The largest absolute Gasteiger partial charge is 0.382 e. The van der Waals surface area contributed by atoms with Gasteiger partial charge in [0.25, 0.3) is 5.91 Å². The molecule has 0 bridgehead atoms. The van der Waals surface area contributed by atoms with Crippen LogP contribution in [0.2, 0.25) is 0 Å². The topological polar surface area (TPSA) is 58.1 Å². The van der Waals surface area contributed by atoms with Crippen molar-refractivity contribution in [1.29, 1.82) is 0 Å². The van der Waals surface area contributed by atoms with Crippen LogP contribution in [0.4, 0.5) is 5.69 Å². The highest BCUT2D eigenvalue weighted by molar-refractivity contribution is 5.97. The third-order valence-corrected chi connectivity index (χ3v) is 3.94. The number of anilines is 1. The van der Waals surface area contributed by atoms with Gasteiger partial charge in [0.1, 0.15) is 5.82 Å². The van der Waals surface area contributed by atoms with Gasteiger partial charge in [-0.1, -0.05) is 20.8 Å². The molecule has 2 heterocycles. The predicted octanol–water partition coefficient (Wildman–Crippen LogP) is 2.90. The second kappa shape index (κ2) is 6.41. The first kappa shape index (κ1) is 15.7. The Balaban J connectivity index is 2.35. The molecule has 2 unspecified atom stereocenters. The molecule has 1 aromatic heterocycles. The summed E-state index contributed by atoms with van der Waals surface area (Å²) in [4.78, 5) is 23.7. The minimum absolute atomic E-state index is 0.0205. The summed E-state index contributed by atoms with van der Waals surface area (Å²) < 4.78 is 0. The standard InChI is InChI=1S/C16H26N4O/c1-6-17-13-8-18-15(10(2)3)19-14(13)16(21)20-9-11(4)7-12(20)5/h8,10-12,17H,6-7,9H2,1-5H3. The maximum Gasteiger partial charge on any atom is 0.274 e. The lowest BCUT2D eigenvalue weighted by Gasteiger charge is -2.22. The zero-order valence-electron chi connectivity index (χ0n) is 13.7. The minimum Gasteiger partial charge on any atom is -0.382 e. The van der Waals surface area contributed by atoms with Gasteiger partial charge in [-0.15, -0.1) is 0 Å². The second-order valence-electron chi connectivity index (χ2n) is 6.32. The number of likely N-dealkylation sites (tertiary alicyclic amines) is 1. The summed E-state index contributed by atoms with van der Waals surface area (Å²) in [6.07, 6.45) is 2.80. The molecule has 1 fully saturated rings. The Morgan fingerprint density at radius 1 is 1.48 bits per heavy atom. The molecule has 0 aromatic carbocycles. The number of aromatic nitrogens is 2. The average molecular weight is 290 g/mol. The molecule has 1 aromatic rings. The number of carbonyl (C=O) groups excluding carboxylic acids is 1. The van der Waals surface area contributed by atoms with Crippen LogP contribution in [0.3, 0.4) is 0 Å². The van der Waals surface area contributed by atoms with Crippen LogP contribution in [0, 0.1) is 5.92 Å². The van der Waals surface area contributed by atoms with E-state index in [1.54, 1.807) is 6.20 Å². The molecule has 21 heavy (non-hydrogen) atoms. The van der Waals surface area contributed by atoms with E-state index in [1.807, 2.05) is 25.7 Å². The molecule has 1 aliphatic heterocycles. The Hall–Kier alpha value is -1.65. The van der Waals surface area contributed by atoms with Crippen molar-refractivity contribution < 1.29 is 4.79 Å². The molecular formula is C16H26N4O. The molecule has 1 N–H and O–H groups in total. The van der Waals surface area contributed by atoms with Gasteiger partial charge in [-0.25, -0.2) is 9.97 Å². The van der Waals surface area contributed by atoms with Crippen LogP contribution in [0.5, 0.6) is 0 Å². The van der Waals surface area contributed by atoms with E-state index in [0.29, 0.717) is 11.6 Å². The molecule has 2 rings (SSSR count). The molecule has 5 heteroatoms. The number of rotatable bonds is 4. The Morgan fingerprint density at radius 3 is 2.71 bits per heavy atom. The SMILES string of the molecule is CCNc1cnc(C(C)C)nc1C(=O)N1CC(C)CC1C. The smallest absolute Gasteiger partial charge is 0.274 e. The fourth-order valence-corrected chi connectivity index (χ4v) is 2.88. The van der Waals surface area contributed by atoms with Crippen LogP contribution in [-0.2, 0) is 0 Å². The van der Waals surface area contributed by atoms with Crippen LogP contribution in [-0.4, -0.2) is 39.9 Å². The number of nitrogens with zero attached hydrogens (tertiary/aromatic N) is 3. The number of carbonyl (C=O) groups is 1. The number of amides is 1. The van der Waals surface area contributed by atoms with Gasteiger partial charge in [0.2, 0.25) is 0 Å². The van der Waals surface area contributed by atoms with Crippen molar-refractivity contribution in [3.63, 3.8) is 0 Å². The monoisotopic (exact) mass is 290 g/mol. The highest BCUT2D eigenvalue weighted by Crippen LogP contribution is 2.26. The molecule has 5 nitrogen and oxygen atoms in total. The molecule has 0 saturated carbocycles. The number of nitrogens with one attached hydrogen (secondary N) is 1. The lowest BCUT2D eigenvalue weighted by atomic mass is 10.1. The predicted molar refractivity (Wildman–Crippen MR) is 84.6 cm³/mol. The van der Waals surface area contributed by atoms with Crippen molar-refractivity contribution >= 4 is 11.6 Å². The highest BCUT2D eigenvalue weighted by Gasteiger charge is 2.32. The molecule has 0 spiro atoms. The fraction of sp³-hybridized carbons (Fsp3) is 0.688. The molecule has 116 valence electrons. The first-order chi connectivity index (χ1) is 9.93. The van der Waals surface area contributed by atoms with Gasteiger partial charge < -0.3 is 10.2 Å². The maximum atomic E-state index is 12.9. The van der Waals surface area contributed by atoms with E-state index in [0.717, 1.165) is 31.0 Å². The lowest BCUT2D eigenvalue weighted by Crippen LogP contribution is -2.35. The van der Waals surface area contributed by atoms with Crippen LogP contribution >= 0.6 is 0 Å². The van der Waals surface area contributed by atoms with Gasteiger partial charge in [-0.2, -0.15) is 0 Å². The van der Waals surface area contributed by atoms with Gasteiger partial charge in [0.05, 0.1) is 11.9 Å². The Kier molecular flexibility index (Phi) is 4.80. The fourth-order valence-electron chi connectivity index (χ4n) is 2.88. The van der Waals surface area contributed by atoms with Crippen molar-refractivity contribution in [3.05, 3.63) is 17.7 Å². The van der Waals surface area contributed by atoms with E-state index >= 15 is 0 Å². The first-order valence-electron chi connectivity index (χ1n) is 7.85. The van der Waals surface area contributed by atoms with Crippen LogP contribution in [0.25, 0.3) is 0 Å². The van der Waals surface area contributed by atoms with E-state index in [-0.39, 0.29) is 17.9 Å². The summed E-state index contributed by atoms with van der Waals surface area (Å²) in [7, 11) is 0. The number of hydrogen-bond acceptors (Lipinski definition) is 4. The second-order valence-corrected chi connectivity index (χ2v) is 6.32. The number of hydrogen-bond donors (Lipinski definition) is 1. The summed E-state index contributed by atoms with van der Waals surface area (Å²) in [6.45, 7) is 11.9. The van der Waals surface area contributed by atoms with Crippen LogP contribution in [0.1, 0.15) is 63.3 Å². The van der Waals surface area contributed by atoms with Gasteiger partial charge in [-0.3, -0.25) is 4.79 Å². The van der Waals surface area contributed by atoms with Crippen molar-refractivity contribution in [3.8, 4) is 0 Å². The summed E-state index contributed by atoms with van der Waals surface area (Å²) in [6, 6.07) is 0.277. The minimum atomic E-state index is 0.0205. The van der Waals surface area contributed by atoms with Crippen molar-refractivity contribution in [2.75, 3.05) is 18.4 Å². The maximum absolute atomic E-state index is 12.9. The Bertz CT molecular complexity index is 515. The average Bonchev–Trinajstić information content (AvgIpc) is 2.77. The van der Waals surface area contributed by atoms with Gasteiger partial charge in [0.15, 0.2) is 5.69 Å². The van der Waals surface area contributed by atoms with E-state index in [2.05, 4.69) is 29.1 Å². The van der Waals surface area contributed by atoms with E-state index in [1.165, 1.54) is 0 Å². The Morgan fingerprint density at radius 2 is 2.19 bits per heavy atom. The van der Waals surface area contributed by atoms with Gasteiger partial charge in [0, 0.05) is 25.0 Å². The van der Waals surface area contributed by atoms with E-state index in [9.17, 15) is 4.79 Å². The summed E-state index contributed by atoms with van der Waals surface area (Å²) in [5.41, 5.74) is 1.25. The van der Waals surface area contributed by atoms with Crippen molar-refractivity contribution in [2.45, 2.75) is 53.0 Å². The molecule has 0 aliphatic carbocycles. The highest BCUT2D eigenvalue weighted by atomic mass is 16.2. The normalized spacial score (nSPS) is 21.9.